The third-order valence-corrected chi connectivity index (χ3v) is 8.83. The zero-order valence-electron chi connectivity index (χ0n) is 24.7. The molecule has 6 bridgehead atoms. The Morgan fingerprint density at radius 3 is 2.71 bits per heavy atom. The Balaban J connectivity index is 1.47. The summed E-state index contributed by atoms with van der Waals surface area (Å²) in [4.78, 5) is 38.1. The van der Waals surface area contributed by atoms with Crippen LogP contribution in [0.2, 0.25) is 0 Å². The lowest BCUT2D eigenvalue weighted by molar-refractivity contribution is -0.195. The molecule has 2 aliphatic heterocycles. The summed E-state index contributed by atoms with van der Waals surface area (Å²) in [6, 6.07) is 6.93. The number of ether oxygens (including phenoxy) is 2. The molecule has 0 aliphatic carbocycles. The van der Waals surface area contributed by atoms with Crippen molar-refractivity contribution in [2.24, 2.45) is 5.92 Å². The van der Waals surface area contributed by atoms with Crippen LogP contribution >= 0.6 is 7.75 Å². The summed E-state index contributed by atoms with van der Waals surface area (Å²) in [7, 11) is -4.43. The lowest BCUT2D eigenvalue weighted by Gasteiger charge is -2.26. The number of benzene rings is 1. The van der Waals surface area contributed by atoms with Crippen LogP contribution in [0.1, 0.15) is 52.2 Å². The van der Waals surface area contributed by atoms with Crippen molar-refractivity contribution < 1.29 is 47.3 Å². The van der Waals surface area contributed by atoms with Crippen molar-refractivity contribution in [2.75, 3.05) is 18.5 Å². The summed E-state index contributed by atoms with van der Waals surface area (Å²) in [6.07, 6.45) is -1.49. The minimum absolute atomic E-state index is 0.00738. The number of halogens is 1. The van der Waals surface area contributed by atoms with Crippen LogP contribution < -0.4 is 14.9 Å². The molecule has 1 amide bonds. The average Bonchev–Trinajstić information content (AvgIpc) is 3.51. The first-order chi connectivity index (χ1) is 21.5. The molecule has 45 heavy (non-hydrogen) atoms. The van der Waals surface area contributed by atoms with E-state index in [9.17, 15) is 24.4 Å². The Morgan fingerprint density at radius 1 is 1.18 bits per heavy atom. The fourth-order valence-electron chi connectivity index (χ4n) is 5.03. The number of nitrogens with zero attached hydrogens (tertiary/aromatic N) is 4. The second-order valence-corrected chi connectivity index (χ2v) is 13.0. The number of aliphatic hydroxyl groups excluding tert-OH is 1. The predicted molar refractivity (Wildman–Crippen MR) is 156 cm³/mol. The molecule has 244 valence electrons. The summed E-state index contributed by atoms with van der Waals surface area (Å²) in [5, 5.41) is 26.8. The Labute approximate surface area is 258 Å². The largest absolute Gasteiger partial charge is 0.465 e. The van der Waals surface area contributed by atoms with Gasteiger partial charge in [0.1, 0.15) is 30.3 Å². The zero-order valence-corrected chi connectivity index (χ0v) is 25.6. The lowest BCUT2D eigenvalue weighted by atomic mass is 10.1. The second kappa shape index (κ2) is 13.8. The number of aromatic nitrogens is 4. The van der Waals surface area contributed by atoms with Crippen LogP contribution in [-0.2, 0) is 28.2 Å². The number of hydrogen-bond acceptors (Lipinski definition) is 12. The summed E-state index contributed by atoms with van der Waals surface area (Å²) in [6.45, 7) is 3.06. The lowest BCUT2D eigenvalue weighted by Crippen LogP contribution is -2.43. The number of carbonyl (C=O) groups is 2. The zero-order chi connectivity index (χ0) is 32.2. The number of cyclic esters (lactones) is 1. The SMILES string of the molecule is CC(C)C[C@H]1NP(=O)(Oc2ccccc2)OC[C@H]2O[C@@H](n3cnc4c(ncnc43)NC(=O)CCCCCOC1=O)[C@@](O)(F)[C@@H]2O. The quantitative estimate of drug-likeness (QED) is 0.238. The number of alkyl halides is 1. The molecule has 4 heterocycles. The monoisotopic (exact) mass is 650 g/mol. The van der Waals surface area contributed by atoms with Crippen molar-refractivity contribution in [1.29, 1.82) is 0 Å². The summed E-state index contributed by atoms with van der Waals surface area (Å²) in [5.41, 5.74) is 0.103. The number of nitrogens with one attached hydrogen (secondary N) is 2. The molecule has 3 aromatic rings. The number of imidazole rings is 1. The normalized spacial score (nSPS) is 30.5. The maximum absolute atomic E-state index is 15.7. The van der Waals surface area contributed by atoms with E-state index in [0.717, 1.165) is 17.2 Å². The van der Waals surface area contributed by atoms with Crippen LogP contribution in [0.4, 0.5) is 10.2 Å². The van der Waals surface area contributed by atoms with E-state index < -0.39 is 50.7 Å². The van der Waals surface area contributed by atoms with Crippen molar-refractivity contribution in [1.82, 2.24) is 24.6 Å². The van der Waals surface area contributed by atoms with Gasteiger partial charge in [0.2, 0.25) is 5.91 Å². The van der Waals surface area contributed by atoms with Crippen LogP contribution in [0.15, 0.2) is 43.0 Å². The van der Waals surface area contributed by atoms with E-state index in [1.165, 1.54) is 12.1 Å². The minimum Gasteiger partial charge on any atom is -0.465 e. The van der Waals surface area contributed by atoms with Crippen molar-refractivity contribution in [3.05, 3.63) is 43.0 Å². The molecule has 15 nitrogen and oxygen atoms in total. The van der Waals surface area contributed by atoms with Gasteiger partial charge in [0.15, 0.2) is 23.2 Å². The number of amides is 1. The first-order valence-electron chi connectivity index (χ1n) is 14.6. The number of rotatable bonds is 4. The van der Waals surface area contributed by atoms with Crippen LogP contribution in [0.3, 0.4) is 0 Å². The van der Waals surface area contributed by atoms with Gasteiger partial charge in [-0.25, -0.2) is 23.9 Å². The molecular weight excluding hydrogens is 614 g/mol. The van der Waals surface area contributed by atoms with Crippen LogP contribution in [0.5, 0.6) is 5.75 Å². The van der Waals surface area contributed by atoms with Gasteiger partial charge >= 0.3 is 13.7 Å². The standard InChI is InChI=1S/C28H36FN6O9P/c1-17(2)13-19-26(38)41-12-8-4-7-11-21(36)33-24-22-25(31-15-30-24)35(16-32-22)27-28(29,39)23(37)20(43-27)14-42-45(40,34-19)44-18-9-5-3-6-10-18/h3,5-6,9-10,15-17,19-20,23,27,37,39H,4,7-8,11-14H2,1-2H3,(H,34,40)(H,30,31,33,36)/t19-,20-,23-,27-,28-,45?/m1/s1. The van der Waals surface area contributed by atoms with Crippen LogP contribution in [0.25, 0.3) is 11.2 Å². The molecule has 2 aromatic heterocycles. The number of esters is 1. The second-order valence-electron chi connectivity index (χ2n) is 11.3. The third-order valence-electron chi connectivity index (χ3n) is 7.26. The third kappa shape index (κ3) is 7.65. The molecule has 1 fully saturated rings. The van der Waals surface area contributed by atoms with Crippen molar-refractivity contribution in [3.63, 3.8) is 0 Å². The highest BCUT2D eigenvalue weighted by atomic mass is 31.2. The van der Waals surface area contributed by atoms with Gasteiger partial charge in [-0.15, -0.1) is 0 Å². The molecule has 0 radical (unpaired) electrons. The summed E-state index contributed by atoms with van der Waals surface area (Å²) < 4.78 is 53.4. The molecule has 2 aliphatic rings. The highest BCUT2D eigenvalue weighted by Gasteiger charge is 2.58. The fourth-order valence-corrected chi connectivity index (χ4v) is 6.54. The van der Waals surface area contributed by atoms with Gasteiger partial charge in [0.05, 0.1) is 19.5 Å². The molecule has 1 saturated heterocycles. The number of para-hydroxylation sites is 1. The molecule has 0 spiro atoms. The molecule has 4 N–H and O–H groups in total. The molecule has 0 saturated carbocycles. The topological polar surface area (TPSA) is 196 Å². The van der Waals surface area contributed by atoms with E-state index in [4.69, 9.17) is 18.5 Å². The van der Waals surface area contributed by atoms with Gasteiger partial charge in [-0.3, -0.25) is 18.7 Å². The molecule has 1 unspecified atom stereocenters. The van der Waals surface area contributed by atoms with Gasteiger partial charge in [0.25, 0.3) is 5.85 Å². The van der Waals surface area contributed by atoms with Gasteiger partial charge < -0.3 is 29.5 Å². The molecule has 6 atom stereocenters. The Kier molecular flexibility index (Phi) is 10.1. The Hall–Kier alpha value is -3.53. The van der Waals surface area contributed by atoms with E-state index in [1.54, 1.807) is 18.2 Å². The number of carbonyl (C=O) groups excluding carboxylic acids is 2. The van der Waals surface area contributed by atoms with E-state index in [1.807, 2.05) is 13.8 Å². The first-order valence-corrected chi connectivity index (χ1v) is 16.2. The van der Waals surface area contributed by atoms with E-state index >= 15 is 4.39 Å². The van der Waals surface area contributed by atoms with Crippen LogP contribution in [-0.4, -0.2) is 78.9 Å². The smallest absolute Gasteiger partial charge is 0.459 e. The van der Waals surface area contributed by atoms with Crippen molar-refractivity contribution in [3.8, 4) is 5.75 Å². The van der Waals surface area contributed by atoms with Crippen molar-refractivity contribution in [2.45, 2.75) is 76.3 Å². The maximum Gasteiger partial charge on any atom is 0.459 e. The highest BCUT2D eigenvalue weighted by Crippen LogP contribution is 2.48. The van der Waals surface area contributed by atoms with Crippen molar-refractivity contribution >= 4 is 36.6 Å². The highest BCUT2D eigenvalue weighted by molar-refractivity contribution is 7.52. The molecule has 5 rings (SSSR count). The Bertz CT molecular complexity index is 1540. The summed E-state index contributed by atoms with van der Waals surface area (Å²) >= 11 is 0. The minimum atomic E-state index is -4.43. The van der Waals surface area contributed by atoms with E-state index in [-0.39, 0.29) is 54.0 Å². The Morgan fingerprint density at radius 2 is 1.96 bits per heavy atom. The molecular formula is C28H36FN6O9P. The molecule has 1 aromatic carbocycles. The van der Waals surface area contributed by atoms with Gasteiger partial charge in [-0.1, -0.05) is 32.0 Å². The van der Waals surface area contributed by atoms with E-state index in [2.05, 4.69) is 25.4 Å². The number of aliphatic hydroxyl groups is 2. The summed E-state index contributed by atoms with van der Waals surface area (Å²) in [5.74, 6) is -4.25. The molecule has 17 heteroatoms. The number of hydrogen-bond donors (Lipinski definition) is 4. The fraction of sp³-hybridized carbons (Fsp3) is 0.536. The number of anilines is 1. The predicted octanol–water partition coefficient (Wildman–Crippen LogP) is 3.01. The average molecular weight is 651 g/mol. The number of fused-ring (bicyclic) bond motifs is 3. The van der Waals surface area contributed by atoms with Gasteiger partial charge in [-0.05, 0) is 43.7 Å². The first kappa shape index (κ1) is 32.9. The van der Waals surface area contributed by atoms with Gasteiger partial charge in [-0.2, -0.15) is 5.09 Å². The van der Waals surface area contributed by atoms with E-state index in [0.29, 0.717) is 19.3 Å². The van der Waals surface area contributed by atoms with Crippen LogP contribution in [0, 0.1) is 5.92 Å². The maximum atomic E-state index is 15.7. The van der Waals surface area contributed by atoms with Gasteiger partial charge in [0, 0.05) is 6.42 Å².